The smallest absolute Gasteiger partial charge is 0.146 e. The van der Waals surface area contributed by atoms with E-state index >= 15 is 0 Å². The van der Waals surface area contributed by atoms with E-state index in [1.54, 1.807) is 6.07 Å². The van der Waals surface area contributed by atoms with Crippen molar-refractivity contribution in [2.75, 3.05) is 18.0 Å². The molecule has 0 spiro atoms. The Morgan fingerprint density at radius 3 is 2.67 bits per heavy atom. The van der Waals surface area contributed by atoms with Crippen LogP contribution in [0.15, 0.2) is 24.3 Å². The minimum absolute atomic E-state index is 0.0725. The third-order valence-corrected chi connectivity index (χ3v) is 4.51. The molecule has 2 N–H and O–H groups in total. The average Bonchev–Trinajstić information content (AvgIpc) is 2.75. The number of hydrogen-bond acceptors (Lipinski definition) is 2. The highest BCUT2D eigenvalue weighted by atomic mass is 19.1. The number of benzene rings is 1. The largest absolute Gasteiger partial charge is 0.362 e. The summed E-state index contributed by atoms with van der Waals surface area (Å²) < 4.78 is 14.0. The highest BCUT2D eigenvalue weighted by molar-refractivity contribution is 5.51. The van der Waals surface area contributed by atoms with Gasteiger partial charge in [-0.15, -0.1) is 0 Å². The second-order valence-electron chi connectivity index (χ2n) is 5.30. The lowest BCUT2D eigenvalue weighted by Crippen LogP contribution is -2.56. The number of hydrogen-bond donors (Lipinski definition) is 1. The predicted molar refractivity (Wildman–Crippen MR) is 74.2 cm³/mol. The Labute approximate surface area is 109 Å². The monoisotopic (exact) mass is 250 g/mol. The Bertz CT molecular complexity index is 407. The number of anilines is 1. The van der Waals surface area contributed by atoms with E-state index in [0.717, 1.165) is 13.0 Å². The van der Waals surface area contributed by atoms with Gasteiger partial charge in [-0.1, -0.05) is 25.5 Å². The number of para-hydroxylation sites is 1. The van der Waals surface area contributed by atoms with Crippen LogP contribution in [-0.4, -0.2) is 18.6 Å². The highest BCUT2D eigenvalue weighted by Gasteiger charge is 2.44. The van der Waals surface area contributed by atoms with Gasteiger partial charge in [-0.25, -0.2) is 4.39 Å². The standard InChI is InChI=1S/C15H23FN2/c1-3-18(14-9-5-4-8-13(14)16)15(11-17)10-6-7-12(15)2/h4-5,8-9,12H,3,6-7,10-11,17H2,1-2H3. The normalized spacial score (nSPS) is 27.4. The van der Waals surface area contributed by atoms with Crippen LogP contribution in [0.2, 0.25) is 0 Å². The molecule has 1 aromatic rings. The Morgan fingerprint density at radius 1 is 1.44 bits per heavy atom. The van der Waals surface area contributed by atoms with Gasteiger partial charge in [-0.3, -0.25) is 0 Å². The SMILES string of the molecule is CCN(c1ccccc1F)C1(CN)CCCC1C. The van der Waals surface area contributed by atoms with Gasteiger partial charge in [0, 0.05) is 13.1 Å². The Balaban J connectivity index is 2.41. The van der Waals surface area contributed by atoms with E-state index < -0.39 is 0 Å². The van der Waals surface area contributed by atoms with Crippen molar-refractivity contribution in [1.29, 1.82) is 0 Å². The van der Waals surface area contributed by atoms with Crippen molar-refractivity contribution < 1.29 is 4.39 Å². The van der Waals surface area contributed by atoms with Gasteiger partial charge in [0.1, 0.15) is 5.82 Å². The summed E-state index contributed by atoms with van der Waals surface area (Å²) in [7, 11) is 0. The molecular weight excluding hydrogens is 227 g/mol. The molecular formula is C15H23FN2. The van der Waals surface area contributed by atoms with Crippen molar-refractivity contribution in [3.63, 3.8) is 0 Å². The van der Waals surface area contributed by atoms with Gasteiger partial charge in [-0.2, -0.15) is 0 Å². The zero-order valence-corrected chi connectivity index (χ0v) is 11.3. The molecule has 3 heteroatoms. The van der Waals surface area contributed by atoms with Crippen molar-refractivity contribution in [2.24, 2.45) is 11.7 Å². The summed E-state index contributed by atoms with van der Waals surface area (Å²) in [6.07, 6.45) is 3.43. The molecule has 1 aromatic carbocycles. The van der Waals surface area contributed by atoms with Crippen LogP contribution in [0, 0.1) is 11.7 Å². The minimum atomic E-state index is -0.147. The van der Waals surface area contributed by atoms with Crippen molar-refractivity contribution in [1.82, 2.24) is 0 Å². The second kappa shape index (κ2) is 5.27. The first-order valence-electron chi connectivity index (χ1n) is 6.88. The fourth-order valence-corrected chi connectivity index (χ4v) is 3.44. The van der Waals surface area contributed by atoms with Gasteiger partial charge in [-0.05, 0) is 37.8 Å². The zero-order valence-electron chi connectivity index (χ0n) is 11.3. The molecule has 1 aliphatic carbocycles. The molecule has 1 saturated carbocycles. The first-order valence-corrected chi connectivity index (χ1v) is 6.88. The molecule has 18 heavy (non-hydrogen) atoms. The van der Waals surface area contributed by atoms with Gasteiger partial charge < -0.3 is 10.6 Å². The summed E-state index contributed by atoms with van der Waals surface area (Å²) >= 11 is 0. The van der Waals surface area contributed by atoms with Gasteiger partial charge in [0.2, 0.25) is 0 Å². The first kappa shape index (κ1) is 13.3. The summed E-state index contributed by atoms with van der Waals surface area (Å²) in [5.74, 6) is 0.369. The molecule has 0 radical (unpaired) electrons. The minimum Gasteiger partial charge on any atom is -0.362 e. The maximum atomic E-state index is 14.0. The van der Waals surface area contributed by atoms with Crippen LogP contribution in [0.3, 0.4) is 0 Å². The lowest BCUT2D eigenvalue weighted by molar-refractivity contribution is 0.318. The predicted octanol–water partition coefficient (Wildman–Crippen LogP) is 3.17. The molecule has 0 amide bonds. The number of nitrogens with two attached hydrogens (primary N) is 1. The van der Waals surface area contributed by atoms with Crippen LogP contribution < -0.4 is 10.6 Å². The van der Waals surface area contributed by atoms with Crippen molar-refractivity contribution in [2.45, 2.75) is 38.6 Å². The quantitative estimate of drug-likeness (QED) is 0.889. The van der Waals surface area contributed by atoms with Crippen LogP contribution in [0.5, 0.6) is 0 Å². The van der Waals surface area contributed by atoms with E-state index in [2.05, 4.69) is 18.7 Å². The van der Waals surface area contributed by atoms with E-state index in [4.69, 9.17) is 5.73 Å². The highest BCUT2D eigenvalue weighted by Crippen LogP contribution is 2.42. The molecule has 0 bridgehead atoms. The summed E-state index contributed by atoms with van der Waals surface area (Å²) in [4.78, 5) is 2.18. The number of nitrogens with zero attached hydrogens (tertiary/aromatic N) is 1. The second-order valence-corrected chi connectivity index (χ2v) is 5.30. The molecule has 100 valence electrons. The molecule has 0 aromatic heterocycles. The van der Waals surface area contributed by atoms with Crippen molar-refractivity contribution in [3.05, 3.63) is 30.1 Å². The molecule has 1 fully saturated rings. The van der Waals surface area contributed by atoms with E-state index in [1.165, 1.54) is 18.9 Å². The van der Waals surface area contributed by atoms with E-state index in [0.29, 0.717) is 18.2 Å². The number of likely N-dealkylation sites (N-methyl/N-ethyl adjacent to an activating group) is 1. The summed E-state index contributed by atoms with van der Waals surface area (Å²) in [5, 5.41) is 0. The molecule has 0 heterocycles. The Hall–Kier alpha value is -1.09. The summed E-state index contributed by atoms with van der Waals surface area (Å²) in [6.45, 7) is 5.71. The van der Waals surface area contributed by atoms with Gasteiger partial charge in [0.15, 0.2) is 0 Å². The van der Waals surface area contributed by atoms with Crippen LogP contribution in [0.25, 0.3) is 0 Å². The molecule has 2 atom stereocenters. The topological polar surface area (TPSA) is 29.3 Å². The molecule has 2 nitrogen and oxygen atoms in total. The van der Waals surface area contributed by atoms with Gasteiger partial charge in [0.25, 0.3) is 0 Å². The maximum absolute atomic E-state index is 14.0. The molecule has 0 aliphatic heterocycles. The molecule has 2 unspecified atom stereocenters. The maximum Gasteiger partial charge on any atom is 0.146 e. The van der Waals surface area contributed by atoms with Gasteiger partial charge in [0.05, 0.1) is 11.2 Å². The van der Waals surface area contributed by atoms with Crippen molar-refractivity contribution in [3.8, 4) is 0 Å². The Kier molecular flexibility index (Phi) is 3.91. The fraction of sp³-hybridized carbons (Fsp3) is 0.600. The fourth-order valence-electron chi connectivity index (χ4n) is 3.44. The van der Waals surface area contributed by atoms with Crippen molar-refractivity contribution >= 4 is 5.69 Å². The van der Waals surface area contributed by atoms with E-state index in [-0.39, 0.29) is 11.4 Å². The van der Waals surface area contributed by atoms with Gasteiger partial charge >= 0.3 is 0 Å². The van der Waals surface area contributed by atoms with Crippen LogP contribution in [0.4, 0.5) is 10.1 Å². The van der Waals surface area contributed by atoms with E-state index in [9.17, 15) is 4.39 Å². The first-order chi connectivity index (χ1) is 8.65. The third-order valence-electron chi connectivity index (χ3n) is 4.51. The van der Waals surface area contributed by atoms with Crippen LogP contribution in [0.1, 0.15) is 33.1 Å². The van der Waals surface area contributed by atoms with Crippen LogP contribution >= 0.6 is 0 Å². The number of rotatable bonds is 4. The number of halogens is 1. The average molecular weight is 250 g/mol. The van der Waals surface area contributed by atoms with Crippen LogP contribution in [-0.2, 0) is 0 Å². The lowest BCUT2D eigenvalue weighted by atomic mass is 9.85. The lowest BCUT2D eigenvalue weighted by Gasteiger charge is -2.45. The molecule has 1 aliphatic rings. The third kappa shape index (κ3) is 2.01. The molecule has 2 rings (SSSR count). The van der Waals surface area contributed by atoms with E-state index in [1.807, 2.05) is 12.1 Å². The Morgan fingerprint density at radius 2 is 2.17 bits per heavy atom. The summed E-state index contributed by atoms with van der Waals surface area (Å²) in [6, 6.07) is 7.02. The zero-order chi connectivity index (χ0) is 13.2. The molecule has 0 saturated heterocycles. The summed E-state index contributed by atoms with van der Waals surface area (Å²) in [5.41, 5.74) is 6.68.